The topological polar surface area (TPSA) is 126 Å². The van der Waals surface area contributed by atoms with Crippen LogP contribution in [-0.4, -0.2) is 40.0 Å². The van der Waals surface area contributed by atoms with Gasteiger partial charge in [0.2, 0.25) is 0 Å². The van der Waals surface area contributed by atoms with Crippen molar-refractivity contribution in [3.05, 3.63) is 39.7 Å². The second-order valence-electron chi connectivity index (χ2n) is 7.88. The van der Waals surface area contributed by atoms with E-state index in [2.05, 4.69) is 5.32 Å². The number of carbonyl (C=O) groups excluding carboxylic acids is 3. The number of hydrogen-bond donors (Lipinski definition) is 2. The molecule has 2 heterocycles. The minimum atomic E-state index is -0.968. The fourth-order valence-electron chi connectivity index (χ4n) is 3.84. The Morgan fingerprint density at radius 2 is 2.00 bits per heavy atom. The molecule has 0 radical (unpaired) electrons. The average Bonchev–Trinajstić information content (AvgIpc) is 3.51. The molecule has 9 heteroatoms. The molecule has 1 saturated carbocycles. The van der Waals surface area contributed by atoms with Crippen LogP contribution >= 0.6 is 0 Å². The van der Waals surface area contributed by atoms with Crippen LogP contribution in [0.4, 0.5) is 4.79 Å². The minimum Gasteiger partial charge on any atom is -0.508 e. The van der Waals surface area contributed by atoms with Crippen molar-refractivity contribution in [3.8, 4) is 5.75 Å². The summed E-state index contributed by atoms with van der Waals surface area (Å²) in [6, 6.07) is 3.63. The van der Waals surface area contributed by atoms with Crippen molar-refractivity contribution >= 4 is 28.9 Å². The summed E-state index contributed by atoms with van der Waals surface area (Å²) in [7, 11) is 0. The second kappa shape index (κ2) is 7.16. The number of urea groups is 1. The Kier molecular flexibility index (Phi) is 4.76. The maximum absolute atomic E-state index is 12.6. The zero-order valence-electron chi connectivity index (χ0n) is 16.7. The quantitative estimate of drug-likeness (QED) is 0.419. The molecule has 4 rings (SSSR count). The second-order valence-corrected chi connectivity index (χ2v) is 7.88. The first kappa shape index (κ1) is 19.9. The number of aryl methyl sites for hydroxylation is 1. The molecule has 158 valence electrons. The number of nitrogens with one attached hydrogen (secondary N) is 1. The predicted octanol–water partition coefficient (Wildman–Crippen LogP) is 1.82. The summed E-state index contributed by atoms with van der Waals surface area (Å²) in [6.07, 6.45) is 2.28. The molecule has 2 N–H and O–H groups in total. The SMILES string of the molecule is CCc1cc2c(COC(=O)CN3C(=O)N[C@](C)(C4CC4)C3=O)cc(=O)oc2cc1O. The number of aromatic hydroxyl groups is 1. The zero-order chi connectivity index (χ0) is 21.6. The van der Waals surface area contributed by atoms with Crippen LogP contribution in [0.3, 0.4) is 0 Å². The first-order valence-electron chi connectivity index (χ1n) is 9.81. The summed E-state index contributed by atoms with van der Waals surface area (Å²) >= 11 is 0. The number of amides is 3. The van der Waals surface area contributed by atoms with Gasteiger partial charge in [-0.1, -0.05) is 6.92 Å². The van der Waals surface area contributed by atoms with Gasteiger partial charge in [-0.15, -0.1) is 0 Å². The van der Waals surface area contributed by atoms with E-state index >= 15 is 0 Å². The number of ether oxygens (including phenoxy) is 1. The summed E-state index contributed by atoms with van der Waals surface area (Å²) in [5.41, 5.74) is -0.374. The largest absolute Gasteiger partial charge is 0.508 e. The summed E-state index contributed by atoms with van der Waals surface area (Å²) < 4.78 is 10.4. The number of phenolic OH excluding ortho intramolecular Hbond substituents is 1. The third kappa shape index (κ3) is 3.40. The molecular formula is C21H22N2O7. The Hall–Kier alpha value is -3.36. The molecule has 0 bridgehead atoms. The van der Waals surface area contributed by atoms with Crippen LogP contribution < -0.4 is 10.9 Å². The van der Waals surface area contributed by atoms with Gasteiger partial charge in [0, 0.05) is 23.1 Å². The van der Waals surface area contributed by atoms with Gasteiger partial charge < -0.3 is 19.6 Å². The van der Waals surface area contributed by atoms with Crippen molar-refractivity contribution < 1.29 is 28.6 Å². The molecule has 0 unspecified atom stereocenters. The van der Waals surface area contributed by atoms with E-state index in [0.29, 0.717) is 22.9 Å². The van der Waals surface area contributed by atoms with Crippen LogP contribution in [0.15, 0.2) is 27.4 Å². The molecule has 2 fully saturated rings. The number of nitrogens with zero attached hydrogens (tertiary/aromatic N) is 1. The fraction of sp³-hybridized carbons (Fsp3) is 0.429. The fourth-order valence-corrected chi connectivity index (χ4v) is 3.84. The normalized spacial score (nSPS) is 21.2. The molecule has 2 aromatic rings. The van der Waals surface area contributed by atoms with Crippen LogP contribution in [0.1, 0.15) is 37.8 Å². The smallest absolute Gasteiger partial charge is 0.336 e. The lowest BCUT2D eigenvalue weighted by Crippen LogP contribution is -2.46. The summed E-state index contributed by atoms with van der Waals surface area (Å²) in [5.74, 6) is -1.09. The molecule has 9 nitrogen and oxygen atoms in total. The number of hydrogen-bond acceptors (Lipinski definition) is 7. The molecule has 2 aliphatic rings. The molecule has 1 saturated heterocycles. The number of fused-ring (bicyclic) bond motifs is 1. The number of phenols is 1. The van der Waals surface area contributed by atoms with Gasteiger partial charge >= 0.3 is 17.6 Å². The molecule has 3 amide bonds. The van der Waals surface area contributed by atoms with Crippen LogP contribution in [0.25, 0.3) is 11.0 Å². The van der Waals surface area contributed by atoms with E-state index in [1.54, 1.807) is 13.0 Å². The molecule has 1 atom stereocenters. The molecule has 0 spiro atoms. The van der Waals surface area contributed by atoms with Crippen molar-refractivity contribution in [2.45, 2.75) is 45.3 Å². The van der Waals surface area contributed by atoms with Crippen molar-refractivity contribution in [1.29, 1.82) is 0 Å². The Balaban J connectivity index is 1.49. The molecule has 1 aromatic heterocycles. The first-order valence-corrected chi connectivity index (χ1v) is 9.81. The Bertz CT molecular complexity index is 1120. The number of imide groups is 1. The highest BCUT2D eigenvalue weighted by atomic mass is 16.5. The molecule has 1 aliphatic heterocycles. The predicted molar refractivity (Wildman–Crippen MR) is 105 cm³/mol. The molecular weight excluding hydrogens is 392 g/mol. The van der Waals surface area contributed by atoms with Crippen molar-refractivity contribution in [2.24, 2.45) is 5.92 Å². The lowest BCUT2D eigenvalue weighted by molar-refractivity contribution is -0.148. The average molecular weight is 414 g/mol. The summed E-state index contributed by atoms with van der Waals surface area (Å²) in [6.45, 7) is 2.80. The van der Waals surface area contributed by atoms with Gasteiger partial charge in [0.15, 0.2) is 0 Å². The van der Waals surface area contributed by atoms with Gasteiger partial charge in [-0.05, 0) is 43.7 Å². The molecule has 1 aromatic carbocycles. The van der Waals surface area contributed by atoms with Gasteiger partial charge in [0.25, 0.3) is 5.91 Å². The molecule has 30 heavy (non-hydrogen) atoms. The van der Waals surface area contributed by atoms with Gasteiger partial charge in [-0.2, -0.15) is 0 Å². The third-order valence-electron chi connectivity index (χ3n) is 5.78. The van der Waals surface area contributed by atoms with Crippen molar-refractivity contribution in [3.63, 3.8) is 0 Å². The van der Waals surface area contributed by atoms with Crippen molar-refractivity contribution in [1.82, 2.24) is 10.2 Å². The number of carbonyl (C=O) groups is 3. The van der Waals surface area contributed by atoms with Gasteiger partial charge in [-0.3, -0.25) is 14.5 Å². The number of rotatable bonds is 6. The minimum absolute atomic E-state index is 0.0135. The Morgan fingerprint density at radius 3 is 2.67 bits per heavy atom. The highest BCUT2D eigenvalue weighted by molar-refractivity contribution is 6.08. The van der Waals surface area contributed by atoms with Gasteiger partial charge in [-0.25, -0.2) is 9.59 Å². The Morgan fingerprint density at radius 1 is 1.27 bits per heavy atom. The summed E-state index contributed by atoms with van der Waals surface area (Å²) in [5, 5.41) is 13.2. The number of esters is 1. The van der Waals surface area contributed by atoms with E-state index in [1.807, 2.05) is 6.92 Å². The van der Waals surface area contributed by atoms with E-state index in [4.69, 9.17) is 9.15 Å². The van der Waals surface area contributed by atoms with Crippen LogP contribution in [-0.2, 0) is 27.4 Å². The lowest BCUT2D eigenvalue weighted by Gasteiger charge is -2.20. The van der Waals surface area contributed by atoms with Crippen LogP contribution in [0.2, 0.25) is 0 Å². The van der Waals surface area contributed by atoms with E-state index in [-0.39, 0.29) is 23.9 Å². The zero-order valence-corrected chi connectivity index (χ0v) is 16.7. The monoisotopic (exact) mass is 414 g/mol. The Labute approximate surface area is 171 Å². The highest BCUT2D eigenvalue weighted by Crippen LogP contribution is 2.42. The van der Waals surface area contributed by atoms with Gasteiger partial charge in [0.05, 0.1) is 0 Å². The maximum Gasteiger partial charge on any atom is 0.336 e. The third-order valence-corrected chi connectivity index (χ3v) is 5.78. The maximum atomic E-state index is 12.6. The van der Waals surface area contributed by atoms with E-state index in [1.165, 1.54) is 12.1 Å². The van der Waals surface area contributed by atoms with Crippen LogP contribution in [0, 0.1) is 5.92 Å². The highest BCUT2D eigenvalue weighted by Gasteiger charge is 2.56. The summed E-state index contributed by atoms with van der Waals surface area (Å²) in [4.78, 5) is 49.8. The lowest BCUT2D eigenvalue weighted by atomic mass is 9.96. The van der Waals surface area contributed by atoms with Crippen molar-refractivity contribution in [2.75, 3.05) is 6.54 Å². The first-order chi connectivity index (χ1) is 14.2. The van der Waals surface area contributed by atoms with E-state index in [9.17, 15) is 24.3 Å². The van der Waals surface area contributed by atoms with Crippen LogP contribution in [0.5, 0.6) is 5.75 Å². The number of benzene rings is 1. The molecule has 1 aliphatic carbocycles. The van der Waals surface area contributed by atoms with E-state index < -0.39 is 35.6 Å². The van der Waals surface area contributed by atoms with E-state index in [0.717, 1.165) is 17.7 Å². The van der Waals surface area contributed by atoms with Gasteiger partial charge in [0.1, 0.15) is 30.0 Å². The standard InChI is InChI=1S/C21H22N2O7/c1-3-11-6-14-12(7-17(25)30-16(14)8-15(11)24)10-29-18(26)9-23-19(27)21(2,13-4-5-13)22-20(23)28/h6-8,13,24H,3-5,9-10H2,1-2H3,(H,22,28)/t21-/m1/s1.